The van der Waals surface area contributed by atoms with Gasteiger partial charge in [-0.05, 0) is 41.5 Å². The van der Waals surface area contributed by atoms with E-state index in [0.717, 1.165) is 82.2 Å². The molecule has 0 fully saturated rings. The number of fused-ring (bicyclic) bond motifs is 6. The van der Waals surface area contributed by atoms with Gasteiger partial charge < -0.3 is 4.42 Å². The Labute approximate surface area is 336 Å². The summed E-state index contributed by atoms with van der Waals surface area (Å²) in [6.45, 7) is 7.29. The molecule has 0 aliphatic heterocycles. The van der Waals surface area contributed by atoms with E-state index < -0.39 is 0 Å². The molecule has 8 heteroatoms. The summed E-state index contributed by atoms with van der Waals surface area (Å²) in [5.74, 6) is 2.31. The van der Waals surface area contributed by atoms with Crippen LogP contribution in [0.4, 0.5) is 5.69 Å². The van der Waals surface area contributed by atoms with Crippen molar-refractivity contribution in [2.75, 3.05) is 0 Å². The van der Waals surface area contributed by atoms with Crippen LogP contribution in [0.25, 0.3) is 115 Å². The maximum Gasteiger partial charge on any atom is 0.187 e. The maximum atomic E-state index is 7.29. The Morgan fingerprint density at radius 1 is 0.448 bits per heavy atom. The average molecular weight is 761 g/mol. The highest BCUT2D eigenvalue weighted by molar-refractivity contribution is 7.26. The van der Waals surface area contributed by atoms with Crippen LogP contribution in [-0.4, -0.2) is 24.9 Å². The van der Waals surface area contributed by atoms with E-state index >= 15 is 0 Å². The smallest absolute Gasteiger partial charge is 0.187 e. The summed E-state index contributed by atoms with van der Waals surface area (Å²) in [4.78, 5) is 29.2. The topological polar surface area (TPSA) is 82.0 Å². The van der Waals surface area contributed by atoms with E-state index in [1.165, 1.54) is 4.70 Å². The van der Waals surface area contributed by atoms with Gasteiger partial charge in [0.15, 0.2) is 29.0 Å². The fraction of sp³-hybridized carbons (Fsp3) is 0. The summed E-state index contributed by atoms with van der Waals surface area (Å²) in [6, 6.07) is 56.7. The molecule has 0 atom stereocenters. The van der Waals surface area contributed by atoms with Crippen molar-refractivity contribution in [1.29, 1.82) is 0 Å². The molecule has 270 valence electrons. The van der Waals surface area contributed by atoms with Crippen molar-refractivity contribution < 1.29 is 4.42 Å². The molecule has 0 unspecified atom stereocenters. The van der Waals surface area contributed by atoms with E-state index in [1.807, 2.05) is 115 Å². The van der Waals surface area contributed by atoms with E-state index in [1.54, 1.807) is 11.3 Å². The predicted octanol–water partition coefficient (Wildman–Crippen LogP) is 13.5. The minimum absolute atomic E-state index is 0.537. The lowest BCUT2D eigenvalue weighted by Gasteiger charge is -2.10. The second-order valence-corrected chi connectivity index (χ2v) is 15.0. The highest BCUT2D eigenvalue weighted by Gasteiger charge is 2.21. The number of rotatable bonds is 6. The monoisotopic (exact) mass is 760 g/mol. The summed E-state index contributed by atoms with van der Waals surface area (Å²) in [7, 11) is 0. The fourth-order valence-corrected chi connectivity index (χ4v) is 8.70. The molecule has 11 rings (SSSR count). The quantitative estimate of drug-likeness (QED) is 0.157. The Bertz CT molecular complexity index is 3390. The molecule has 4 aromatic heterocycles. The standard InChI is InChI=1S/C50H28N6OS/c1-51-36-26-23-31(24-27-36)30-19-21-34(22-20-30)48-54-47(33-13-6-3-7-14-33)55-50(56-48)38-16-10-17-41-43(38)39-29-35(25-28-40(39)57-41)49-52-44(32-11-4-2-5-12-32)46-45(53-49)37-15-8-9-18-42(37)58-46/h2-29H. The number of hydrogen-bond donors (Lipinski definition) is 0. The number of nitrogens with zero attached hydrogens (tertiary/aromatic N) is 6. The molecule has 0 saturated heterocycles. The molecule has 4 heterocycles. The second-order valence-electron chi connectivity index (χ2n) is 13.9. The van der Waals surface area contributed by atoms with E-state index in [4.69, 9.17) is 35.9 Å². The molecule has 0 spiro atoms. The molecule has 0 amide bonds. The van der Waals surface area contributed by atoms with Crippen LogP contribution in [0, 0.1) is 6.57 Å². The van der Waals surface area contributed by atoms with Crippen LogP contribution >= 0.6 is 11.3 Å². The lowest BCUT2D eigenvalue weighted by molar-refractivity contribution is 0.669. The number of hydrogen-bond acceptors (Lipinski definition) is 7. The Morgan fingerprint density at radius 2 is 1.05 bits per heavy atom. The zero-order chi connectivity index (χ0) is 38.6. The normalized spacial score (nSPS) is 11.4. The van der Waals surface area contributed by atoms with Crippen molar-refractivity contribution >= 4 is 59.3 Å². The SMILES string of the molecule is [C-]#[N+]c1ccc(-c2ccc(-c3nc(-c4ccccc4)nc(-c4cccc5oc6ccc(-c7nc(-c8ccccc8)c8sc9ccccc9c8n7)cc6c45)n3)cc2)cc1. The van der Waals surface area contributed by atoms with Gasteiger partial charge in [0.2, 0.25) is 0 Å². The average Bonchev–Trinajstić information content (AvgIpc) is 3.87. The third-order valence-corrected chi connectivity index (χ3v) is 11.6. The molecule has 11 aromatic rings. The Hall–Kier alpha value is -7.86. The lowest BCUT2D eigenvalue weighted by Crippen LogP contribution is -2.00. The molecule has 0 bridgehead atoms. The number of aromatic nitrogens is 5. The second kappa shape index (κ2) is 13.7. The van der Waals surface area contributed by atoms with E-state index in [2.05, 4.69) is 59.4 Å². The van der Waals surface area contributed by atoms with Gasteiger partial charge in [0, 0.05) is 48.7 Å². The molecule has 0 aliphatic rings. The Morgan fingerprint density at radius 3 is 1.79 bits per heavy atom. The summed E-state index contributed by atoms with van der Waals surface area (Å²) in [5.41, 5.74) is 10.5. The molecule has 0 N–H and O–H groups in total. The van der Waals surface area contributed by atoms with Crippen LogP contribution < -0.4 is 0 Å². The third kappa shape index (κ3) is 5.77. The first-order chi connectivity index (χ1) is 28.7. The highest BCUT2D eigenvalue weighted by Crippen LogP contribution is 2.41. The van der Waals surface area contributed by atoms with Gasteiger partial charge in [0.05, 0.1) is 22.5 Å². The third-order valence-electron chi connectivity index (χ3n) is 10.4. The van der Waals surface area contributed by atoms with Gasteiger partial charge in [-0.1, -0.05) is 140 Å². The van der Waals surface area contributed by atoms with Crippen molar-refractivity contribution in [2.24, 2.45) is 0 Å². The van der Waals surface area contributed by atoms with Crippen molar-refractivity contribution in [3.8, 4) is 67.9 Å². The molecule has 7 aromatic carbocycles. The zero-order valence-corrected chi connectivity index (χ0v) is 31.5. The number of furan rings is 1. The first-order valence-corrected chi connectivity index (χ1v) is 19.6. The van der Waals surface area contributed by atoms with Crippen molar-refractivity contribution in [1.82, 2.24) is 24.9 Å². The number of benzene rings is 7. The van der Waals surface area contributed by atoms with Gasteiger partial charge in [-0.3, -0.25) is 0 Å². The van der Waals surface area contributed by atoms with Gasteiger partial charge in [0.1, 0.15) is 11.2 Å². The molecule has 58 heavy (non-hydrogen) atoms. The van der Waals surface area contributed by atoms with Crippen LogP contribution in [-0.2, 0) is 0 Å². The first-order valence-electron chi connectivity index (χ1n) is 18.8. The summed E-state index contributed by atoms with van der Waals surface area (Å²) < 4.78 is 8.73. The highest BCUT2D eigenvalue weighted by atomic mass is 32.1. The van der Waals surface area contributed by atoms with E-state index in [9.17, 15) is 0 Å². The van der Waals surface area contributed by atoms with Crippen molar-refractivity contribution in [3.63, 3.8) is 0 Å². The minimum Gasteiger partial charge on any atom is -0.456 e. The summed E-state index contributed by atoms with van der Waals surface area (Å²) in [5, 5.41) is 2.93. The Kier molecular flexibility index (Phi) is 7.91. The zero-order valence-electron chi connectivity index (χ0n) is 30.7. The summed E-state index contributed by atoms with van der Waals surface area (Å²) >= 11 is 1.72. The predicted molar refractivity (Wildman–Crippen MR) is 234 cm³/mol. The van der Waals surface area contributed by atoms with Gasteiger partial charge in [0.25, 0.3) is 0 Å². The fourth-order valence-electron chi connectivity index (χ4n) is 7.55. The van der Waals surface area contributed by atoms with Crippen LogP contribution in [0.15, 0.2) is 174 Å². The van der Waals surface area contributed by atoms with E-state index in [0.29, 0.717) is 29.0 Å². The van der Waals surface area contributed by atoms with Crippen LogP contribution in [0.3, 0.4) is 0 Å². The molecule has 0 radical (unpaired) electrons. The Balaban J connectivity index is 1.08. The largest absolute Gasteiger partial charge is 0.456 e. The molecule has 0 saturated carbocycles. The van der Waals surface area contributed by atoms with Gasteiger partial charge in [-0.25, -0.2) is 29.8 Å². The maximum absolute atomic E-state index is 7.29. The first kappa shape index (κ1) is 33.5. The van der Waals surface area contributed by atoms with Crippen molar-refractivity contribution in [2.45, 2.75) is 0 Å². The van der Waals surface area contributed by atoms with E-state index in [-0.39, 0.29) is 0 Å². The molecule has 0 aliphatic carbocycles. The van der Waals surface area contributed by atoms with Gasteiger partial charge >= 0.3 is 0 Å². The van der Waals surface area contributed by atoms with Gasteiger partial charge in [-0.15, -0.1) is 11.3 Å². The minimum atomic E-state index is 0.537. The van der Waals surface area contributed by atoms with Crippen LogP contribution in [0.1, 0.15) is 0 Å². The molecular weight excluding hydrogens is 733 g/mol. The van der Waals surface area contributed by atoms with Crippen LogP contribution in [0.5, 0.6) is 0 Å². The van der Waals surface area contributed by atoms with Gasteiger partial charge in [-0.2, -0.15) is 0 Å². The lowest BCUT2D eigenvalue weighted by atomic mass is 10.0. The van der Waals surface area contributed by atoms with Crippen molar-refractivity contribution in [3.05, 3.63) is 181 Å². The van der Waals surface area contributed by atoms with Crippen LogP contribution in [0.2, 0.25) is 0 Å². The molecule has 7 nitrogen and oxygen atoms in total. The summed E-state index contributed by atoms with van der Waals surface area (Å²) in [6.07, 6.45) is 0. The molecular formula is C50H28N6OS. The number of thiophene rings is 1.